The summed E-state index contributed by atoms with van der Waals surface area (Å²) in [6.45, 7) is 0. The lowest BCUT2D eigenvalue weighted by Gasteiger charge is -2.14. The molecule has 6 nitrogen and oxygen atoms in total. The van der Waals surface area contributed by atoms with E-state index >= 15 is 0 Å². The Kier molecular flexibility index (Phi) is 8.17. The third kappa shape index (κ3) is 5.35. The summed E-state index contributed by atoms with van der Waals surface area (Å²) >= 11 is 0. The van der Waals surface area contributed by atoms with Gasteiger partial charge in [-0.3, -0.25) is 4.79 Å². The van der Waals surface area contributed by atoms with Gasteiger partial charge in [-0.1, -0.05) is 51.4 Å². The second kappa shape index (κ2) is 11.0. The van der Waals surface area contributed by atoms with Crippen molar-refractivity contribution in [1.29, 1.82) is 0 Å². The maximum Gasteiger partial charge on any atom is 0.213 e. The van der Waals surface area contributed by atoms with Crippen molar-refractivity contribution in [2.75, 3.05) is 21.3 Å². The van der Waals surface area contributed by atoms with Crippen molar-refractivity contribution in [3.8, 4) is 17.2 Å². The number of aromatic amines is 1. The molecular weight excluding hydrogens is 380 g/mol. The van der Waals surface area contributed by atoms with Gasteiger partial charge in [-0.25, -0.2) is 4.98 Å². The zero-order chi connectivity index (χ0) is 21.3. The molecule has 1 aliphatic rings. The highest BCUT2D eigenvalue weighted by Crippen LogP contribution is 2.38. The standard InChI is InChI=1S/C24H34N2O4/c1-28-20-14-18(15-21(29-2)23(20)30-3)22(27)19-16-25-24(26-19)17-12-10-8-6-4-5-7-9-11-13-17/h14-17H,4-13H2,1-3H3,(H,25,26). The molecule has 1 aliphatic carbocycles. The van der Waals surface area contributed by atoms with Crippen LogP contribution >= 0.6 is 0 Å². The van der Waals surface area contributed by atoms with Gasteiger partial charge in [-0.05, 0) is 25.0 Å². The minimum Gasteiger partial charge on any atom is -0.493 e. The molecule has 1 fully saturated rings. The molecule has 2 aromatic rings. The number of ketones is 1. The Labute approximate surface area is 179 Å². The van der Waals surface area contributed by atoms with Gasteiger partial charge in [-0.2, -0.15) is 0 Å². The fraction of sp³-hybridized carbons (Fsp3) is 0.583. The Morgan fingerprint density at radius 3 is 1.90 bits per heavy atom. The second-order valence-corrected chi connectivity index (χ2v) is 8.02. The summed E-state index contributed by atoms with van der Waals surface area (Å²) in [6.07, 6.45) is 14.4. The molecule has 30 heavy (non-hydrogen) atoms. The van der Waals surface area contributed by atoms with Crippen LogP contribution in [0, 0.1) is 0 Å². The average Bonchev–Trinajstić information content (AvgIpc) is 3.24. The number of nitrogens with zero attached hydrogens (tertiary/aromatic N) is 1. The number of hydrogen-bond donors (Lipinski definition) is 1. The molecule has 0 spiro atoms. The highest BCUT2D eigenvalue weighted by molar-refractivity contribution is 6.08. The Hall–Kier alpha value is -2.50. The summed E-state index contributed by atoms with van der Waals surface area (Å²) in [7, 11) is 4.63. The van der Waals surface area contributed by atoms with E-state index in [-0.39, 0.29) is 5.78 Å². The number of aromatic nitrogens is 2. The first-order valence-electron chi connectivity index (χ1n) is 11.1. The molecule has 1 aromatic carbocycles. The van der Waals surface area contributed by atoms with Crippen LogP contribution in [0.25, 0.3) is 0 Å². The third-order valence-corrected chi connectivity index (χ3v) is 6.00. The van der Waals surface area contributed by atoms with E-state index in [4.69, 9.17) is 19.2 Å². The van der Waals surface area contributed by atoms with Crippen LogP contribution in [0.4, 0.5) is 0 Å². The van der Waals surface area contributed by atoms with E-state index in [0.717, 1.165) is 18.7 Å². The van der Waals surface area contributed by atoms with Crippen LogP contribution in [-0.4, -0.2) is 37.1 Å². The number of methoxy groups -OCH3 is 3. The van der Waals surface area contributed by atoms with E-state index < -0.39 is 0 Å². The SMILES string of the molecule is COc1cc(C(=O)c2c[nH]c(C3CCCCCCCCCC3)n2)cc(OC)c1OC. The number of benzene rings is 1. The van der Waals surface area contributed by atoms with Crippen molar-refractivity contribution in [3.63, 3.8) is 0 Å². The fourth-order valence-electron chi connectivity index (χ4n) is 4.28. The van der Waals surface area contributed by atoms with Crippen molar-refractivity contribution >= 4 is 5.78 Å². The summed E-state index contributed by atoms with van der Waals surface area (Å²) < 4.78 is 16.1. The van der Waals surface area contributed by atoms with E-state index in [1.54, 1.807) is 39.7 Å². The minimum atomic E-state index is -0.159. The molecule has 0 amide bonds. The lowest BCUT2D eigenvalue weighted by atomic mass is 9.95. The summed E-state index contributed by atoms with van der Waals surface area (Å²) in [5.74, 6) is 2.55. The number of hydrogen-bond acceptors (Lipinski definition) is 5. The number of nitrogens with one attached hydrogen (secondary N) is 1. The van der Waals surface area contributed by atoms with Gasteiger partial charge in [0.15, 0.2) is 11.5 Å². The van der Waals surface area contributed by atoms with Crippen molar-refractivity contribution in [1.82, 2.24) is 9.97 Å². The number of carbonyl (C=O) groups excluding carboxylic acids is 1. The van der Waals surface area contributed by atoms with E-state index in [1.807, 2.05) is 0 Å². The molecule has 0 atom stereocenters. The van der Waals surface area contributed by atoms with Crippen molar-refractivity contribution < 1.29 is 19.0 Å². The van der Waals surface area contributed by atoms with E-state index in [0.29, 0.717) is 34.4 Å². The molecule has 1 N–H and O–H groups in total. The predicted molar refractivity (Wildman–Crippen MR) is 117 cm³/mol. The van der Waals surface area contributed by atoms with Crippen LogP contribution < -0.4 is 14.2 Å². The summed E-state index contributed by atoms with van der Waals surface area (Å²) in [4.78, 5) is 21.1. The number of H-pyrrole nitrogens is 1. The third-order valence-electron chi connectivity index (χ3n) is 6.00. The molecule has 0 radical (unpaired) electrons. The second-order valence-electron chi connectivity index (χ2n) is 8.02. The maximum atomic E-state index is 13.1. The van der Waals surface area contributed by atoms with E-state index in [2.05, 4.69) is 4.98 Å². The van der Waals surface area contributed by atoms with E-state index in [9.17, 15) is 4.79 Å². The molecule has 164 valence electrons. The van der Waals surface area contributed by atoms with Crippen molar-refractivity contribution in [3.05, 3.63) is 35.4 Å². The highest BCUT2D eigenvalue weighted by Gasteiger charge is 2.22. The van der Waals surface area contributed by atoms with Crippen LogP contribution in [0.5, 0.6) is 17.2 Å². The monoisotopic (exact) mass is 414 g/mol. The molecule has 6 heteroatoms. The summed E-state index contributed by atoms with van der Waals surface area (Å²) in [5, 5.41) is 0. The van der Waals surface area contributed by atoms with Crippen LogP contribution in [-0.2, 0) is 0 Å². The number of rotatable bonds is 6. The topological polar surface area (TPSA) is 73.4 Å². The predicted octanol–water partition coefficient (Wildman–Crippen LogP) is 5.66. The van der Waals surface area contributed by atoms with Gasteiger partial charge in [-0.15, -0.1) is 0 Å². The molecule has 1 saturated carbocycles. The Morgan fingerprint density at radius 2 is 1.40 bits per heavy atom. The molecule has 0 aliphatic heterocycles. The summed E-state index contributed by atoms with van der Waals surface area (Å²) in [6, 6.07) is 3.34. The van der Waals surface area contributed by atoms with Crippen LogP contribution in [0.1, 0.15) is 92.0 Å². The molecule has 1 heterocycles. The van der Waals surface area contributed by atoms with Crippen LogP contribution in [0.15, 0.2) is 18.3 Å². The van der Waals surface area contributed by atoms with Crippen molar-refractivity contribution in [2.24, 2.45) is 0 Å². The highest BCUT2D eigenvalue weighted by atomic mass is 16.5. The Morgan fingerprint density at radius 1 is 0.867 bits per heavy atom. The Balaban J connectivity index is 1.79. The van der Waals surface area contributed by atoms with Gasteiger partial charge in [0, 0.05) is 17.7 Å². The maximum absolute atomic E-state index is 13.1. The van der Waals surface area contributed by atoms with Crippen molar-refractivity contribution in [2.45, 2.75) is 70.1 Å². The molecule has 0 bridgehead atoms. The first-order valence-corrected chi connectivity index (χ1v) is 11.1. The Bertz CT molecular complexity index is 793. The van der Waals surface area contributed by atoms with Gasteiger partial charge in [0.25, 0.3) is 0 Å². The van der Waals surface area contributed by atoms with E-state index in [1.165, 1.54) is 51.4 Å². The number of carbonyl (C=O) groups is 1. The largest absolute Gasteiger partial charge is 0.493 e. The average molecular weight is 415 g/mol. The van der Waals surface area contributed by atoms with Crippen LogP contribution in [0.2, 0.25) is 0 Å². The first kappa shape index (κ1) is 22.2. The minimum absolute atomic E-state index is 0.159. The zero-order valence-electron chi connectivity index (χ0n) is 18.5. The van der Waals surface area contributed by atoms with Crippen LogP contribution in [0.3, 0.4) is 0 Å². The van der Waals surface area contributed by atoms with Gasteiger partial charge in [0.1, 0.15) is 11.5 Å². The lowest BCUT2D eigenvalue weighted by molar-refractivity contribution is 0.103. The quantitative estimate of drug-likeness (QED) is 0.617. The van der Waals surface area contributed by atoms with Gasteiger partial charge < -0.3 is 19.2 Å². The number of ether oxygens (including phenoxy) is 3. The molecule has 1 aromatic heterocycles. The van der Waals surface area contributed by atoms with Gasteiger partial charge in [0.2, 0.25) is 11.5 Å². The molecular formula is C24H34N2O4. The zero-order valence-corrected chi connectivity index (χ0v) is 18.5. The smallest absolute Gasteiger partial charge is 0.213 e. The molecule has 0 unspecified atom stereocenters. The normalized spacial score (nSPS) is 16.5. The fourth-order valence-corrected chi connectivity index (χ4v) is 4.28. The summed E-state index contributed by atoms with van der Waals surface area (Å²) in [5.41, 5.74) is 0.888. The van der Waals surface area contributed by atoms with Gasteiger partial charge in [0.05, 0.1) is 21.3 Å². The number of imidazole rings is 1. The molecule has 0 saturated heterocycles. The lowest BCUT2D eigenvalue weighted by Crippen LogP contribution is -2.06. The first-order chi connectivity index (χ1) is 14.7. The molecule has 3 rings (SSSR count). The van der Waals surface area contributed by atoms with Gasteiger partial charge >= 0.3 is 0 Å².